The Morgan fingerprint density at radius 3 is 2.79 bits per heavy atom. The number of rotatable bonds is 5. The largest absolute Gasteiger partial charge is 0.352 e. The number of fused-ring (bicyclic) bond motifs is 1. The van der Waals surface area contributed by atoms with Gasteiger partial charge in [-0.25, -0.2) is 4.98 Å². The second kappa shape index (κ2) is 8.50. The van der Waals surface area contributed by atoms with Crippen molar-refractivity contribution in [1.82, 2.24) is 10.3 Å². The molecule has 1 amide bonds. The van der Waals surface area contributed by atoms with E-state index in [9.17, 15) is 4.79 Å². The van der Waals surface area contributed by atoms with Crippen LogP contribution >= 0.6 is 22.9 Å². The van der Waals surface area contributed by atoms with Crippen LogP contribution in [0.5, 0.6) is 0 Å². The highest BCUT2D eigenvalue weighted by molar-refractivity contribution is 7.22. The van der Waals surface area contributed by atoms with Gasteiger partial charge in [0.15, 0.2) is 5.13 Å². The van der Waals surface area contributed by atoms with Crippen molar-refractivity contribution in [2.75, 3.05) is 18.0 Å². The van der Waals surface area contributed by atoms with Crippen molar-refractivity contribution in [2.45, 2.75) is 32.7 Å². The number of amides is 1. The number of benzene rings is 2. The average Bonchev–Trinajstić information content (AvgIpc) is 3.16. The lowest BCUT2D eigenvalue weighted by Crippen LogP contribution is -2.40. The van der Waals surface area contributed by atoms with Crippen LogP contribution in [0.1, 0.15) is 30.9 Å². The third kappa shape index (κ3) is 4.15. The number of carbonyl (C=O) groups is 1. The number of aryl methyl sites for hydroxylation is 1. The molecule has 146 valence electrons. The number of aromatic nitrogens is 1. The zero-order valence-corrected chi connectivity index (χ0v) is 17.5. The summed E-state index contributed by atoms with van der Waals surface area (Å²) in [5, 5.41) is 4.81. The van der Waals surface area contributed by atoms with Gasteiger partial charge in [0.1, 0.15) is 0 Å². The molecular weight excluding hydrogens is 390 g/mol. The summed E-state index contributed by atoms with van der Waals surface area (Å²) in [6.45, 7) is 4.39. The van der Waals surface area contributed by atoms with Crippen LogP contribution in [0.3, 0.4) is 0 Å². The summed E-state index contributed by atoms with van der Waals surface area (Å²) in [5.74, 6) is 0.177. The van der Waals surface area contributed by atoms with Gasteiger partial charge in [-0.1, -0.05) is 54.1 Å². The number of anilines is 1. The second-order valence-electron chi connectivity index (χ2n) is 7.22. The third-order valence-corrected chi connectivity index (χ3v) is 6.84. The number of nitrogens with one attached hydrogen (secondary N) is 1. The molecule has 2 heterocycles. The van der Waals surface area contributed by atoms with Gasteiger partial charge in [0.05, 0.1) is 10.2 Å². The van der Waals surface area contributed by atoms with Crippen LogP contribution in [0.2, 0.25) is 5.02 Å². The van der Waals surface area contributed by atoms with Crippen LogP contribution in [-0.4, -0.2) is 24.0 Å². The number of carbonyl (C=O) groups excluding carboxylic acids is 1. The van der Waals surface area contributed by atoms with Crippen LogP contribution in [-0.2, 0) is 17.8 Å². The number of nitrogens with zero attached hydrogens (tertiary/aromatic N) is 2. The minimum atomic E-state index is 0.0554. The van der Waals surface area contributed by atoms with Crippen molar-refractivity contribution < 1.29 is 4.79 Å². The fourth-order valence-corrected chi connectivity index (χ4v) is 4.90. The first-order chi connectivity index (χ1) is 13.6. The van der Waals surface area contributed by atoms with Gasteiger partial charge in [-0.2, -0.15) is 0 Å². The zero-order chi connectivity index (χ0) is 19.5. The lowest BCUT2D eigenvalue weighted by Gasteiger charge is -2.31. The van der Waals surface area contributed by atoms with Crippen LogP contribution < -0.4 is 10.2 Å². The van der Waals surface area contributed by atoms with Gasteiger partial charge in [0.25, 0.3) is 0 Å². The Morgan fingerprint density at radius 2 is 2.04 bits per heavy atom. The van der Waals surface area contributed by atoms with E-state index >= 15 is 0 Å². The van der Waals surface area contributed by atoms with E-state index in [4.69, 9.17) is 16.6 Å². The minimum Gasteiger partial charge on any atom is -0.352 e. The summed E-state index contributed by atoms with van der Waals surface area (Å²) >= 11 is 7.92. The molecule has 0 radical (unpaired) electrons. The maximum atomic E-state index is 12.6. The Bertz CT molecular complexity index is 979. The molecular formula is C22H24ClN3OS. The Labute approximate surface area is 174 Å². The van der Waals surface area contributed by atoms with Gasteiger partial charge in [-0.3, -0.25) is 4.79 Å². The van der Waals surface area contributed by atoms with Crippen molar-refractivity contribution in [3.05, 3.63) is 58.6 Å². The molecule has 1 aliphatic rings. The van der Waals surface area contributed by atoms with E-state index in [-0.39, 0.29) is 11.8 Å². The Balaban J connectivity index is 1.34. The lowest BCUT2D eigenvalue weighted by molar-refractivity contribution is -0.125. The first-order valence-corrected chi connectivity index (χ1v) is 11.0. The van der Waals surface area contributed by atoms with E-state index in [1.807, 2.05) is 24.3 Å². The molecule has 1 aromatic heterocycles. The quantitative estimate of drug-likeness (QED) is 0.636. The molecule has 0 bridgehead atoms. The first-order valence-electron chi connectivity index (χ1n) is 9.79. The number of thiazole rings is 1. The van der Waals surface area contributed by atoms with Crippen molar-refractivity contribution in [2.24, 2.45) is 5.92 Å². The first kappa shape index (κ1) is 19.2. The van der Waals surface area contributed by atoms with Crippen molar-refractivity contribution in [3.63, 3.8) is 0 Å². The fraction of sp³-hybridized carbons (Fsp3) is 0.364. The van der Waals surface area contributed by atoms with Crippen molar-refractivity contribution in [3.8, 4) is 0 Å². The van der Waals surface area contributed by atoms with Crippen molar-refractivity contribution >= 4 is 44.2 Å². The number of hydrogen-bond acceptors (Lipinski definition) is 4. The molecule has 0 aliphatic carbocycles. The topological polar surface area (TPSA) is 45.2 Å². The molecule has 2 aromatic carbocycles. The maximum absolute atomic E-state index is 12.6. The van der Waals surface area contributed by atoms with Gasteiger partial charge in [-0.15, -0.1) is 0 Å². The highest BCUT2D eigenvalue weighted by atomic mass is 35.5. The van der Waals surface area contributed by atoms with E-state index in [2.05, 4.69) is 35.3 Å². The van der Waals surface area contributed by atoms with Crippen LogP contribution in [0.25, 0.3) is 10.2 Å². The number of hydrogen-bond donors (Lipinski definition) is 1. The van der Waals surface area contributed by atoms with Crippen molar-refractivity contribution in [1.29, 1.82) is 0 Å². The highest BCUT2D eigenvalue weighted by Gasteiger charge is 2.26. The van der Waals surface area contributed by atoms with Crippen LogP contribution in [0.15, 0.2) is 42.5 Å². The van der Waals surface area contributed by atoms with E-state index in [1.54, 1.807) is 11.3 Å². The molecule has 0 spiro atoms. The van der Waals surface area contributed by atoms with E-state index in [1.165, 1.54) is 10.3 Å². The lowest BCUT2D eigenvalue weighted by atomic mass is 9.96. The Kier molecular flexibility index (Phi) is 5.83. The van der Waals surface area contributed by atoms with Gasteiger partial charge in [-0.05, 0) is 48.6 Å². The summed E-state index contributed by atoms with van der Waals surface area (Å²) in [7, 11) is 0. The summed E-state index contributed by atoms with van der Waals surface area (Å²) < 4.78 is 1.24. The van der Waals surface area contributed by atoms with Gasteiger partial charge in [0.2, 0.25) is 5.91 Å². The smallest absolute Gasteiger partial charge is 0.223 e. The van der Waals surface area contributed by atoms with Crippen LogP contribution in [0.4, 0.5) is 5.13 Å². The number of halogens is 1. The molecule has 6 heteroatoms. The predicted molar refractivity (Wildman–Crippen MR) is 117 cm³/mol. The van der Waals surface area contributed by atoms with Gasteiger partial charge >= 0.3 is 0 Å². The third-order valence-electron chi connectivity index (χ3n) is 5.40. The molecule has 4 rings (SSSR count). The monoisotopic (exact) mass is 413 g/mol. The minimum absolute atomic E-state index is 0.0554. The molecule has 28 heavy (non-hydrogen) atoms. The molecule has 1 saturated heterocycles. The van der Waals surface area contributed by atoms with E-state index in [0.717, 1.165) is 48.6 Å². The average molecular weight is 414 g/mol. The maximum Gasteiger partial charge on any atom is 0.223 e. The Hall–Kier alpha value is -2.11. The van der Waals surface area contributed by atoms with Crippen LogP contribution in [0, 0.1) is 5.92 Å². The molecule has 0 saturated carbocycles. The van der Waals surface area contributed by atoms with Gasteiger partial charge < -0.3 is 10.2 Å². The Morgan fingerprint density at radius 1 is 1.25 bits per heavy atom. The number of piperidine rings is 1. The summed E-state index contributed by atoms with van der Waals surface area (Å²) in [4.78, 5) is 19.7. The predicted octanol–water partition coefficient (Wildman–Crippen LogP) is 5.04. The highest BCUT2D eigenvalue weighted by Crippen LogP contribution is 2.32. The molecule has 4 nitrogen and oxygen atoms in total. The molecule has 1 aliphatic heterocycles. The van der Waals surface area contributed by atoms with E-state index in [0.29, 0.717) is 11.6 Å². The second-order valence-corrected chi connectivity index (χ2v) is 8.64. The molecule has 0 unspecified atom stereocenters. The SMILES string of the molecule is CCc1ccc2nc(N3CCC(C(=O)NCc4ccccc4Cl)CC3)sc2c1. The van der Waals surface area contributed by atoms with E-state index < -0.39 is 0 Å². The summed E-state index contributed by atoms with van der Waals surface area (Å²) in [6, 6.07) is 14.1. The van der Waals surface area contributed by atoms with Gasteiger partial charge in [0, 0.05) is 30.6 Å². The fourth-order valence-electron chi connectivity index (χ4n) is 3.61. The molecule has 1 N–H and O–H groups in total. The molecule has 0 atom stereocenters. The summed E-state index contributed by atoms with van der Waals surface area (Å²) in [6.07, 6.45) is 2.74. The molecule has 3 aromatic rings. The molecule has 1 fully saturated rings. The summed E-state index contributed by atoms with van der Waals surface area (Å²) in [5.41, 5.74) is 3.37. The normalized spacial score (nSPS) is 15.1. The standard InChI is InChI=1S/C22H24ClN3OS/c1-2-15-7-8-19-20(13-15)28-22(25-19)26-11-9-16(10-12-26)21(27)24-14-17-5-3-4-6-18(17)23/h3-8,13,16H,2,9-12,14H2,1H3,(H,24,27). The zero-order valence-electron chi connectivity index (χ0n) is 16.0.